The second-order valence-electron chi connectivity index (χ2n) is 4.62. The molecule has 1 aromatic heterocycles. The zero-order valence-electron chi connectivity index (χ0n) is 10.6. The average molecular weight is 253 g/mol. The minimum Gasteiger partial charge on any atom is -0.372 e. The first kappa shape index (κ1) is 12.6. The molecule has 2 rings (SSSR count). The van der Waals surface area contributed by atoms with Gasteiger partial charge in [-0.3, -0.25) is 4.79 Å². The van der Waals surface area contributed by atoms with Crippen LogP contribution < -0.4 is 0 Å². The molecule has 94 valence electrons. The van der Waals surface area contributed by atoms with Crippen molar-refractivity contribution in [1.82, 2.24) is 4.90 Å². The van der Waals surface area contributed by atoms with Crippen molar-refractivity contribution in [1.29, 1.82) is 0 Å². The summed E-state index contributed by atoms with van der Waals surface area (Å²) in [6.45, 7) is 7.53. The Morgan fingerprint density at radius 1 is 1.47 bits per heavy atom. The fourth-order valence-corrected chi connectivity index (χ4v) is 3.01. The van der Waals surface area contributed by atoms with Crippen molar-refractivity contribution >= 4 is 17.2 Å². The van der Waals surface area contributed by atoms with Gasteiger partial charge in [0.2, 0.25) is 0 Å². The van der Waals surface area contributed by atoms with E-state index in [0.29, 0.717) is 13.1 Å². The van der Waals surface area contributed by atoms with E-state index in [2.05, 4.69) is 6.92 Å². The maximum Gasteiger partial charge on any atom is 0.254 e. The van der Waals surface area contributed by atoms with Gasteiger partial charge in [-0.25, -0.2) is 0 Å². The average Bonchev–Trinajstić information content (AvgIpc) is 2.75. The van der Waals surface area contributed by atoms with Gasteiger partial charge in [0.1, 0.15) is 0 Å². The number of hydrogen-bond donors (Lipinski definition) is 0. The number of aryl methyl sites for hydroxylation is 1. The lowest BCUT2D eigenvalue weighted by Gasteiger charge is -2.35. The summed E-state index contributed by atoms with van der Waals surface area (Å²) in [6, 6.07) is 2.01. The molecule has 2 atom stereocenters. The summed E-state index contributed by atoms with van der Waals surface area (Å²) >= 11 is 1.66. The molecule has 0 spiro atoms. The Balaban J connectivity index is 2.08. The molecule has 0 N–H and O–H groups in total. The van der Waals surface area contributed by atoms with Gasteiger partial charge in [0, 0.05) is 23.3 Å². The summed E-state index contributed by atoms with van der Waals surface area (Å²) in [5.41, 5.74) is 0.827. The van der Waals surface area contributed by atoms with Gasteiger partial charge in [0.15, 0.2) is 0 Å². The predicted molar refractivity (Wildman–Crippen MR) is 69.6 cm³/mol. The normalized spacial score (nSPS) is 25.0. The van der Waals surface area contributed by atoms with Crippen LogP contribution >= 0.6 is 11.3 Å². The number of morpholine rings is 1. The van der Waals surface area contributed by atoms with Crippen molar-refractivity contribution in [3.05, 3.63) is 21.9 Å². The Kier molecular flexibility index (Phi) is 3.84. The molecule has 0 radical (unpaired) electrons. The number of nitrogens with zero attached hydrogens (tertiary/aromatic N) is 1. The van der Waals surface area contributed by atoms with Gasteiger partial charge in [0.25, 0.3) is 5.91 Å². The standard InChI is InChI=1S/C13H19NO2S/c1-4-12-5-11(8-17-12)13(15)14-6-9(2)16-10(3)7-14/h5,8-10H,4,6-7H2,1-3H3/t9-,10+. The third-order valence-electron chi connectivity index (χ3n) is 2.96. The molecule has 1 aliphatic rings. The third kappa shape index (κ3) is 2.87. The summed E-state index contributed by atoms with van der Waals surface area (Å²) < 4.78 is 5.64. The SMILES string of the molecule is CCc1cc(C(=O)N2C[C@@H](C)O[C@@H](C)C2)cs1. The molecule has 0 unspecified atom stereocenters. The highest BCUT2D eigenvalue weighted by molar-refractivity contribution is 7.10. The maximum atomic E-state index is 12.3. The molecule has 17 heavy (non-hydrogen) atoms. The highest BCUT2D eigenvalue weighted by atomic mass is 32.1. The summed E-state index contributed by atoms with van der Waals surface area (Å²) in [6.07, 6.45) is 1.26. The van der Waals surface area contributed by atoms with Gasteiger partial charge in [-0.1, -0.05) is 6.92 Å². The fourth-order valence-electron chi connectivity index (χ4n) is 2.20. The molecule has 1 amide bonds. The Morgan fingerprint density at radius 2 is 2.12 bits per heavy atom. The maximum absolute atomic E-state index is 12.3. The van der Waals surface area contributed by atoms with Gasteiger partial charge in [0.05, 0.1) is 17.8 Å². The lowest BCUT2D eigenvalue weighted by molar-refractivity contribution is -0.0586. The minimum atomic E-state index is 0.131. The van der Waals surface area contributed by atoms with Crippen molar-refractivity contribution < 1.29 is 9.53 Å². The van der Waals surface area contributed by atoms with E-state index in [0.717, 1.165) is 12.0 Å². The number of amides is 1. The highest BCUT2D eigenvalue weighted by Crippen LogP contribution is 2.19. The van der Waals surface area contributed by atoms with Crippen LogP contribution in [-0.4, -0.2) is 36.1 Å². The van der Waals surface area contributed by atoms with Gasteiger partial charge in [-0.05, 0) is 26.3 Å². The lowest BCUT2D eigenvalue weighted by Crippen LogP contribution is -2.48. The second-order valence-corrected chi connectivity index (χ2v) is 5.62. The molecule has 1 saturated heterocycles. The van der Waals surface area contributed by atoms with Crippen molar-refractivity contribution in [3.8, 4) is 0 Å². The predicted octanol–water partition coefficient (Wildman–Crippen LogP) is 2.56. The van der Waals surface area contributed by atoms with Crippen LogP contribution in [-0.2, 0) is 11.2 Å². The molecule has 1 aliphatic heterocycles. The van der Waals surface area contributed by atoms with Crippen LogP contribution in [0.3, 0.4) is 0 Å². The summed E-state index contributed by atoms with van der Waals surface area (Å²) in [4.78, 5) is 15.5. The van der Waals surface area contributed by atoms with Crippen LogP contribution in [0.2, 0.25) is 0 Å². The number of carbonyl (C=O) groups excluding carboxylic acids is 1. The Morgan fingerprint density at radius 3 is 2.65 bits per heavy atom. The summed E-state index contributed by atoms with van der Waals surface area (Å²) in [5.74, 6) is 0.142. The van der Waals surface area contributed by atoms with Crippen molar-refractivity contribution in [2.75, 3.05) is 13.1 Å². The lowest BCUT2D eigenvalue weighted by atomic mass is 10.2. The molecule has 0 aliphatic carbocycles. The van der Waals surface area contributed by atoms with Crippen LogP contribution in [0.5, 0.6) is 0 Å². The third-order valence-corrected chi connectivity index (χ3v) is 4.04. The molecule has 3 nitrogen and oxygen atoms in total. The first-order chi connectivity index (χ1) is 8.10. The number of rotatable bonds is 2. The van der Waals surface area contributed by atoms with Gasteiger partial charge >= 0.3 is 0 Å². The van der Waals surface area contributed by atoms with Crippen LogP contribution in [0.4, 0.5) is 0 Å². The van der Waals surface area contributed by atoms with E-state index in [1.807, 2.05) is 30.2 Å². The largest absolute Gasteiger partial charge is 0.372 e. The van der Waals surface area contributed by atoms with Crippen molar-refractivity contribution in [2.45, 2.75) is 39.4 Å². The fraction of sp³-hybridized carbons (Fsp3) is 0.615. The van der Waals surface area contributed by atoms with Crippen LogP contribution in [0.1, 0.15) is 36.0 Å². The van der Waals surface area contributed by atoms with E-state index in [4.69, 9.17) is 4.74 Å². The van der Waals surface area contributed by atoms with Gasteiger partial charge < -0.3 is 9.64 Å². The Hall–Kier alpha value is -0.870. The molecular formula is C13H19NO2S. The van der Waals surface area contributed by atoms with Crippen LogP contribution in [0.25, 0.3) is 0 Å². The van der Waals surface area contributed by atoms with E-state index < -0.39 is 0 Å². The second kappa shape index (κ2) is 5.19. The van der Waals surface area contributed by atoms with E-state index in [1.54, 1.807) is 11.3 Å². The van der Waals surface area contributed by atoms with Crippen LogP contribution in [0, 0.1) is 0 Å². The number of thiophene rings is 1. The molecule has 1 fully saturated rings. The van der Waals surface area contributed by atoms with Crippen LogP contribution in [0.15, 0.2) is 11.4 Å². The topological polar surface area (TPSA) is 29.5 Å². The number of hydrogen-bond acceptors (Lipinski definition) is 3. The molecule has 0 bridgehead atoms. The van der Waals surface area contributed by atoms with E-state index in [9.17, 15) is 4.79 Å². The summed E-state index contributed by atoms with van der Waals surface area (Å²) in [5, 5.41) is 1.96. The molecule has 2 heterocycles. The van der Waals surface area contributed by atoms with Crippen molar-refractivity contribution in [2.24, 2.45) is 0 Å². The Labute approximate surface area is 106 Å². The van der Waals surface area contributed by atoms with E-state index in [1.165, 1.54) is 4.88 Å². The molecule has 0 aromatic carbocycles. The van der Waals surface area contributed by atoms with E-state index in [-0.39, 0.29) is 18.1 Å². The van der Waals surface area contributed by atoms with E-state index >= 15 is 0 Å². The monoisotopic (exact) mass is 253 g/mol. The molecule has 0 saturated carbocycles. The van der Waals surface area contributed by atoms with Gasteiger partial charge in [-0.2, -0.15) is 0 Å². The quantitative estimate of drug-likeness (QED) is 0.810. The minimum absolute atomic E-state index is 0.131. The first-order valence-electron chi connectivity index (χ1n) is 6.12. The van der Waals surface area contributed by atoms with Crippen molar-refractivity contribution in [3.63, 3.8) is 0 Å². The molecule has 1 aromatic rings. The smallest absolute Gasteiger partial charge is 0.254 e. The molecule has 4 heteroatoms. The molecular weight excluding hydrogens is 234 g/mol. The zero-order chi connectivity index (χ0) is 12.4. The first-order valence-corrected chi connectivity index (χ1v) is 7.00. The summed E-state index contributed by atoms with van der Waals surface area (Å²) in [7, 11) is 0. The highest BCUT2D eigenvalue weighted by Gasteiger charge is 2.26. The van der Waals surface area contributed by atoms with Gasteiger partial charge in [-0.15, -0.1) is 11.3 Å². The number of carbonyl (C=O) groups is 1. The Bertz CT molecular complexity index is 392. The zero-order valence-corrected chi connectivity index (χ0v) is 11.4. The number of ether oxygens (including phenoxy) is 1.